The van der Waals surface area contributed by atoms with Crippen molar-refractivity contribution >= 4 is 22.6 Å². The molecular weight excluding hydrogens is 315 g/mol. The van der Waals surface area contributed by atoms with Crippen LogP contribution in [0.2, 0.25) is 0 Å². The summed E-state index contributed by atoms with van der Waals surface area (Å²) in [5, 5.41) is 3.35. The van der Waals surface area contributed by atoms with Crippen LogP contribution >= 0.6 is 22.6 Å². The molecule has 1 rings (SSSR count). The van der Waals surface area contributed by atoms with E-state index in [1.165, 1.54) is 17.3 Å². The third-order valence-electron chi connectivity index (χ3n) is 4.08. The standard InChI is InChI=1S/C12H25IN2O/c1-4-15-8-11(16-3)12(14)9(2)7-10(12)5-6-13/h9-11,15H,4-8,14H2,1-3H3/t9?,10?,11?,12-/m0/s1. The molecule has 0 bridgehead atoms. The zero-order valence-corrected chi connectivity index (χ0v) is 12.8. The Hall–Kier alpha value is 0.610. The van der Waals surface area contributed by atoms with Crippen molar-refractivity contribution in [2.24, 2.45) is 17.6 Å². The molecule has 3 N–H and O–H groups in total. The van der Waals surface area contributed by atoms with Crippen LogP contribution in [0.25, 0.3) is 0 Å². The van der Waals surface area contributed by atoms with E-state index >= 15 is 0 Å². The van der Waals surface area contributed by atoms with Gasteiger partial charge in [0.2, 0.25) is 0 Å². The fraction of sp³-hybridized carbons (Fsp3) is 1.00. The van der Waals surface area contributed by atoms with E-state index in [4.69, 9.17) is 10.5 Å². The zero-order chi connectivity index (χ0) is 12.2. The Bertz CT molecular complexity index is 213. The van der Waals surface area contributed by atoms with Crippen LogP contribution < -0.4 is 11.1 Å². The van der Waals surface area contributed by atoms with Crippen LogP contribution in [-0.2, 0) is 4.74 Å². The number of nitrogens with two attached hydrogens (primary N) is 1. The van der Waals surface area contributed by atoms with Gasteiger partial charge in [-0.15, -0.1) is 0 Å². The minimum absolute atomic E-state index is 0.123. The number of hydrogen-bond donors (Lipinski definition) is 2. The third kappa shape index (κ3) is 2.71. The van der Waals surface area contributed by atoms with Crippen LogP contribution in [-0.4, -0.2) is 36.3 Å². The Labute approximate surface area is 113 Å². The number of halogens is 1. The third-order valence-corrected chi connectivity index (χ3v) is 4.70. The Morgan fingerprint density at radius 2 is 2.31 bits per heavy atom. The summed E-state index contributed by atoms with van der Waals surface area (Å²) >= 11 is 2.44. The van der Waals surface area contributed by atoms with Gasteiger partial charge in [0.05, 0.1) is 6.10 Å². The Morgan fingerprint density at radius 3 is 2.75 bits per heavy atom. The fourth-order valence-electron chi connectivity index (χ4n) is 2.90. The summed E-state index contributed by atoms with van der Waals surface area (Å²) in [6, 6.07) is 0. The quantitative estimate of drug-likeness (QED) is 0.549. The Morgan fingerprint density at radius 1 is 1.62 bits per heavy atom. The van der Waals surface area contributed by atoms with Crippen molar-refractivity contribution in [3.05, 3.63) is 0 Å². The average Bonchev–Trinajstić information content (AvgIpc) is 2.29. The van der Waals surface area contributed by atoms with Crippen molar-refractivity contribution in [1.82, 2.24) is 5.32 Å². The summed E-state index contributed by atoms with van der Waals surface area (Å²) in [4.78, 5) is 0. The van der Waals surface area contributed by atoms with Gasteiger partial charge in [0, 0.05) is 19.2 Å². The fourth-order valence-corrected chi connectivity index (χ4v) is 3.65. The second-order valence-electron chi connectivity index (χ2n) is 4.84. The van der Waals surface area contributed by atoms with Crippen LogP contribution in [0.5, 0.6) is 0 Å². The first-order valence-electron chi connectivity index (χ1n) is 6.19. The lowest BCUT2D eigenvalue weighted by Crippen LogP contribution is -2.70. The molecule has 0 aromatic heterocycles. The maximum absolute atomic E-state index is 6.60. The van der Waals surface area contributed by atoms with Crippen molar-refractivity contribution in [2.75, 3.05) is 24.6 Å². The van der Waals surface area contributed by atoms with Gasteiger partial charge in [0.25, 0.3) is 0 Å². The molecule has 96 valence electrons. The van der Waals surface area contributed by atoms with Crippen LogP contribution in [0, 0.1) is 11.8 Å². The summed E-state index contributed by atoms with van der Waals surface area (Å²) in [7, 11) is 1.78. The van der Waals surface area contributed by atoms with Crippen LogP contribution in [0.1, 0.15) is 26.7 Å². The van der Waals surface area contributed by atoms with Gasteiger partial charge in [-0.25, -0.2) is 0 Å². The normalized spacial score (nSPS) is 35.8. The minimum atomic E-state index is -0.123. The Balaban J connectivity index is 2.63. The van der Waals surface area contributed by atoms with Gasteiger partial charge in [-0.2, -0.15) is 0 Å². The highest BCUT2D eigenvalue weighted by atomic mass is 127. The lowest BCUT2D eigenvalue weighted by molar-refractivity contribution is -0.0799. The first-order valence-corrected chi connectivity index (χ1v) is 7.72. The van der Waals surface area contributed by atoms with Crippen LogP contribution in [0.4, 0.5) is 0 Å². The summed E-state index contributed by atoms with van der Waals surface area (Å²) in [6.07, 6.45) is 2.61. The van der Waals surface area contributed by atoms with Gasteiger partial charge in [-0.05, 0) is 35.6 Å². The molecule has 1 aliphatic carbocycles. The topological polar surface area (TPSA) is 47.3 Å². The molecule has 3 nitrogen and oxygen atoms in total. The summed E-state index contributed by atoms with van der Waals surface area (Å²) in [5.74, 6) is 1.20. The van der Waals surface area contributed by atoms with E-state index in [1.54, 1.807) is 7.11 Å². The van der Waals surface area contributed by atoms with E-state index in [-0.39, 0.29) is 11.6 Å². The van der Waals surface area contributed by atoms with E-state index in [0.29, 0.717) is 11.8 Å². The predicted molar refractivity (Wildman–Crippen MR) is 77.0 cm³/mol. The number of hydrogen-bond acceptors (Lipinski definition) is 3. The smallest absolute Gasteiger partial charge is 0.0880 e. The monoisotopic (exact) mass is 340 g/mol. The molecule has 0 aliphatic heterocycles. The SMILES string of the molecule is CCNCC(OC)[C@]1(N)C(C)CC1CCI. The molecule has 3 unspecified atom stereocenters. The zero-order valence-electron chi connectivity index (χ0n) is 10.6. The van der Waals surface area contributed by atoms with E-state index in [9.17, 15) is 0 Å². The van der Waals surface area contributed by atoms with Gasteiger partial charge < -0.3 is 15.8 Å². The number of nitrogens with one attached hydrogen (secondary N) is 1. The molecular formula is C12H25IN2O. The summed E-state index contributed by atoms with van der Waals surface area (Å²) in [5.41, 5.74) is 6.48. The van der Waals surface area contributed by atoms with Crippen molar-refractivity contribution in [1.29, 1.82) is 0 Å². The van der Waals surface area contributed by atoms with Gasteiger partial charge >= 0.3 is 0 Å². The van der Waals surface area contributed by atoms with Crippen molar-refractivity contribution < 1.29 is 4.74 Å². The van der Waals surface area contributed by atoms with E-state index < -0.39 is 0 Å². The summed E-state index contributed by atoms with van der Waals surface area (Å²) < 4.78 is 6.80. The van der Waals surface area contributed by atoms with E-state index in [0.717, 1.165) is 13.1 Å². The van der Waals surface area contributed by atoms with Crippen molar-refractivity contribution in [3.8, 4) is 0 Å². The molecule has 0 saturated heterocycles. The molecule has 0 spiro atoms. The number of likely N-dealkylation sites (N-methyl/N-ethyl adjacent to an activating group) is 1. The van der Waals surface area contributed by atoms with Crippen molar-refractivity contribution in [2.45, 2.75) is 38.3 Å². The maximum Gasteiger partial charge on any atom is 0.0880 e. The molecule has 4 heteroatoms. The average molecular weight is 340 g/mol. The second-order valence-corrected chi connectivity index (χ2v) is 5.92. The van der Waals surface area contributed by atoms with E-state index in [1.807, 2.05) is 0 Å². The van der Waals surface area contributed by atoms with Crippen LogP contribution in [0.3, 0.4) is 0 Å². The molecule has 0 amide bonds. The predicted octanol–water partition coefficient (Wildman–Crippen LogP) is 1.79. The van der Waals surface area contributed by atoms with Gasteiger partial charge in [0.15, 0.2) is 0 Å². The van der Waals surface area contributed by atoms with Crippen LogP contribution in [0.15, 0.2) is 0 Å². The van der Waals surface area contributed by atoms with Gasteiger partial charge in [0.1, 0.15) is 0 Å². The lowest BCUT2D eigenvalue weighted by Gasteiger charge is -2.56. The molecule has 1 aliphatic rings. The van der Waals surface area contributed by atoms with Crippen molar-refractivity contribution in [3.63, 3.8) is 0 Å². The number of rotatable bonds is 7. The van der Waals surface area contributed by atoms with Gasteiger partial charge in [-0.3, -0.25) is 0 Å². The van der Waals surface area contributed by atoms with E-state index in [2.05, 4.69) is 41.8 Å². The highest BCUT2D eigenvalue weighted by molar-refractivity contribution is 14.1. The number of methoxy groups -OCH3 is 1. The summed E-state index contributed by atoms with van der Waals surface area (Å²) in [6.45, 7) is 6.21. The molecule has 0 heterocycles. The van der Waals surface area contributed by atoms with Gasteiger partial charge in [-0.1, -0.05) is 36.4 Å². The highest BCUT2D eigenvalue weighted by Gasteiger charge is 2.54. The second kappa shape index (κ2) is 6.52. The number of ether oxygens (including phenoxy) is 1. The first-order chi connectivity index (χ1) is 7.61. The minimum Gasteiger partial charge on any atom is -0.378 e. The first kappa shape index (κ1) is 14.7. The molecule has 0 aromatic rings. The number of alkyl halides is 1. The molecule has 1 saturated carbocycles. The molecule has 4 atom stereocenters. The lowest BCUT2D eigenvalue weighted by atomic mass is 9.56. The largest absolute Gasteiger partial charge is 0.378 e. The molecule has 16 heavy (non-hydrogen) atoms. The maximum atomic E-state index is 6.60. The highest BCUT2D eigenvalue weighted by Crippen LogP contribution is 2.47. The molecule has 0 aromatic carbocycles. The Kier molecular flexibility index (Phi) is 5.98. The molecule has 1 fully saturated rings. The molecule has 0 radical (unpaired) electrons.